The van der Waals surface area contributed by atoms with Crippen molar-refractivity contribution in [1.29, 1.82) is 0 Å². The highest BCUT2D eigenvalue weighted by molar-refractivity contribution is 7.89. The van der Waals surface area contributed by atoms with E-state index in [9.17, 15) is 21.2 Å². The van der Waals surface area contributed by atoms with E-state index in [1.807, 2.05) is 0 Å². The summed E-state index contributed by atoms with van der Waals surface area (Å²) in [5, 5.41) is 0. The lowest BCUT2D eigenvalue weighted by Gasteiger charge is -2.31. The van der Waals surface area contributed by atoms with Crippen LogP contribution in [0.5, 0.6) is 0 Å². The number of nitrogens with one attached hydrogen (secondary N) is 1. The first-order valence-electron chi connectivity index (χ1n) is 6.83. The van der Waals surface area contributed by atoms with Crippen LogP contribution in [0.4, 0.5) is 4.39 Å². The lowest BCUT2D eigenvalue weighted by molar-refractivity contribution is 0.305. The van der Waals surface area contributed by atoms with Gasteiger partial charge in [0.2, 0.25) is 20.0 Å². The van der Waals surface area contributed by atoms with Crippen LogP contribution in [0.2, 0.25) is 0 Å². The van der Waals surface area contributed by atoms with Crippen LogP contribution in [0.15, 0.2) is 23.1 Å². The Kier molecular flexibility index (Phi) is 4.90. The van der Waals surface area contributed by atoms with E-state index in [2.05, 4.69) is 4.72 Å². The van der Waals surface area contributed by atoms with Crippen LogP contribution in [0.3, 0.4) is 0 Å². The van der Waals surface area contributed by atoms with Gasteiger partial charge in [0.15, 0.2) is 0 Å². The molecule has 1 aliphatic rings. The van der Waals surface area contributed by atoms with E-state index in [0.29, 0.717) is 24.9 Å². The molecular formula is C13H19FN2O4S2. The highest BCUT2D eigenvalue weighted by Gasteiger charge is 2.29. The van der Waals surface area contributed by atoms with Crippen molar-refractivity contribution in [3.63, 3.8) is 0 Å². The molecule has 22 heavy (non-hydrogen) atoms. The smallest absolute Gasteiger partial charge is 0.213 e. The van der Waals surface area contributed by atoms with Gasteiger partial charge in [0.05, 0.1) is 11.2 Å². The third-order valence-corrected chi connectivity index (χ3v) is 6.55. The summed E-state index contributed by atoms with van der Waals surface area (Å²) >= 11 is 0. The Morgan fingerprint density at radius 3 is 2.55 bits per heavy atom. The standard InChI is InChI=1S/C13H19FN2O4S2/c1-10-8-11(14)5-6-13(10)22(19,20)15-12-4-3-7-16(9-12)21(2,17)18/h5-6,8,12,15H,3-4,7,9H2,1-2H3. The van der Waals surface area contributed by atoms with E-state index in [-0.39, 0.29) is 11.4 Å². The van der Waals surface area contributed by atoms with Gasteiger partial charge in [0.1, 0.15) is 5.82 Å². The monoisotopic (exact) mass is 350 g/mol. The molecule has 0 bridgehead atoms. The van der Waals surface area contributed by atoms with Crippen LogP contribution in [-0.2, 0) is 20.0 Å². The molecular weight excluding hydrogens is 331 g/mol. The lowest BCUT2D eigenvalue weighted by Crippen LogP contribution is -2.49. The maximum atomic E-state index is 13.1. The Balaban J connectivity index is 2.18. The normalized spacial score (nSPS) is 21.0. The zero-order chi connectivity index (χ0) is 16.5. The highest BCUT2D eigenvalue weighted by Crippen LogP contribution is 2.19. The molecule has 9 heteroatoms. The summed E-state index contributed by atoms with van der Waals surface area (Å²) in [6.45, 7) is 2.02. The molecule has 1 fully saturated rings. The number of piperidine rings is 1. The molecule has 1 aromatic rings. The SMILES string of the molecule is Cc1cc(F)ccc1S(=O)(=O)NC1CCCN(S(C)(=O)=O)C1. The van der Waals surface area contributed by atoms with Crippen LogP contribution < -0.4 is 4.72 Å². The first-order valence-corrected chi connectivity index (χ1v) is 10.2. The summed E-state index contributed by atoms with van der Waals surface area (Å²) in [6.07, 6.45) is 2.25. The maximum absolute atomic E-state index is 13.1. The minimum atomic E-state index is -3.81. The van der Waals surface area contributed by atoms with Crippen LogP contribution >= 0.6 is 0 Å². The van der Waals surface area contributed by atoms with Crippen molar-refractivity contribution in [2.75, 3.05) is 19.3 Å². The number of sulfonamides is 2. The molecule has 0 radical (unpaired) electrons. The van der Waals surface area contributed by atoms with Crippen molar-refractivity contribution >= 4 is 20.0 Å². The van der Waals surface area contributed by atoms with Gasteiger partial charge in [0, 0.05) is 19.1 Å². The molecule has 0 aliphatic carbocycles. The molecule has 0 saturated carbocycles. The number of nitrogens with zero attached hydrogens (tertiary/aromatic N) is 1. The summed E-state index contributed by atoms with van der Waals surface area (Å²) in [7, 11) is -7.16. The topological polar surface area (TPSA) is 83.6 Å². The van der Waals surface area contributed by atoms with Gasteiger partial charge in [-0.25, -0.2) is 30.3 Å². The molecule has 6 nitrogen and oxygen atoms in total. The van der Waals surface area contributed by atoms with Gasteiger partial charge in [-0.3, -0.25) is 0 Å². The van der Waals surface area contributed by atoms with Gasteiger partial charge >= 0.3 is 0 Å². The number of benzene rings is 1. The van der Waals surface area contributed by atoms with E-state index in [4.69, 9.17) is 0 Å². The molecule has 2 rings (SSSR count). The summed E-state index contributed by atoms with van der Waals surface area (Å²) in [5.41, 5.74) is 0.309. The fourth-order valence-electron chi connectivity index (χ4n) is 2.54. The molecule has 1 saturated heterocycles. The van der Waals surface area contributed by atoms with Crippen LogP contribution in [0, 0.1) is 12.7 Å². The summed E-state index contributed by atoms with van der Waals surface area (Å²) in [6, 6.07) is 2.96. The molecule has 1 heterocycles. The average molecular weight is 350 g/mol. The number of hydrogen-bond donors (Lipinski definition) is 1. The summed E-state index contributed by atoms with van der Waals surface area (Å²) < 4.78 is 64.8. The second kappa shape index (κ2) is 6.23. The fraction of sp³-hybridized carbons (Fsp3) is 0.538. The molecule has 1 unspecified atom stereocenters. The number of aryl methyl sites for hydroxylation is 1. The van der Waals surface area contributed by atoms with E-state index >= 15 is 0 Å². The first kappa shape index (κ1) is 17.3. The van der Waals surface area contributed by atoms with Gasteiger partial charge in [-0.05, 0) is 43.5 Å². The van der Waals surface area contributed by atoms with Gasteiger partial charge in [-0.15, -0.1) is 0 Å². The Morgan fingerprint density at radius 2 is 1.95 bits per heavy atom. The van der Waals surface area contributed by atoms with Gasteiger partial charge < -0.3 is 0 Å². The third-order valence-electron chi connectivity index (χ3n) is 3.60. The number of rotatable bonds is 4. The second-order valence-electron chi connectivity index (χ2n) is 5.49. The van der Waals surface area contributed by atoms with Crippen molar-refractivity contribution in [3.8, 4) is 0 Å². The van der Waals surface area contributed by atoms with Crippen molar-refractivity contribution in [2.24, 2.45) is 0 Å². The van der Waals surface area contributed by atoms with E-state index in [1.165, 1.54) is 17.3 Å². The first-order chi connectivity index (χ1) is 10.1. The predicted octanol–water partition coefficient (Wildman–Crippen LogP) is 0.836. The number of hydrogen-bond acceptors (Lipinski definition) is 4. The predicted molar refractivity (Wildman–Crippen MR) is 80.9 cm³/mol. The fourth-order valence-corrected chi connectivity index (χ4v) is 4.94. The minimum absolute atomic E-state index is 0.00498. The molecule has 0 spiro atoms. The zero-order valence-electron chi connectivity index (χ0n) is 12.4. The maximum Gasteiger partial charge on any atom is 0.241 e. The summed E-state index contributed by atoms with van der Waals surface area (Å²) in [5.74, 6) is -0.502. The Morgan fingerprint density at radius 1 is 1.27 bits per heavy atom. The Bertz CT molecular complexity index is 762. The quantitative estimate of drug-likeness (QED) is 0.872. The lowest BCUT2D eigenvalue weighted by atomic mass is 10.1. The van der Waals surface area contributed by atoms with Gasteiger partial charge in [-0.1, -0.05) is 0 Å². The molecule has 0 amide bonds. The van der Waals surface area contributed by atoms with Crippen LogP contribution in [-0.4, -0.2) is 46.5 Å². The molecule has 1 aliphatic heterocycles. The van der Waals surface area contributed by atoms with Crippen LogP contribution in [0.25, 0.3) is 0 Å². The van der Waals surface area contributed by atoms with Gasteiger partial charge in [0.25, 0.3) is 0 Å². The van der Waals surface area contributed by atoms with Gasteiger partial charge in [-0.2, -0.15) is 0 Å². The third kappa shape index (κ3) is 4.03. The minimum Gasteiger partial charge on any atom is -0.213 e. The van der Waals surface area contributed by atoms with Crippen molar-refractivity contribution in [3.05, 3.63) is 29.6 Å². The number of halogens is 1. The van der Waals surface area contributed by atoms with Crippen LogP contribution in [0.1, 0.15) is 18.4 Å². The van der Waals surface area contributed by atoms with E-state index < -0.39 is 31.9 Å². The molecule has 1 N–H and O–H groups in total. The van der Waals surface area contributed by atoms with E-state index in [0.717, 1.165) is 18.4 Å². The molecule has 1 aromatic carbocycles. The highest BCUT2D eigenvalue weighted by atomic mass is 32.2. The van der Waals surface area contributed by atoms with Crippen molar-refractivity contribution in [1.82, 2.24) is 9.03 Å². The molecule has 124 valence electrons. The molecule has 1 atom stereocenters. The summed E-state index contributed by atoms with van der Waals surface area (Å²) in [4.78, 5) is 0.00498. The van der Waals surface area contributed by atoms with Crippen molar-refractivity contribution in [2.45, 2.75) is 30.7 Å². The van der Waals surface area contributed by atoms with Crippen molar-refractivity contribution < 1.29 is 21.2 Å². The largest absolute Gasteiger partial charge is 0.241 e. The Hall–Kier alpha value is -1.03. The second-order valence-corrected chi connectivity index (χ2v) is 9.16. The molecule has 0 aromatic heterocycles. The zero-order valence-corrected chi connectivity index (χ0v) is 14.0. The van der Waals surface area contributed by atoms with E-state index in [1.54, 1.807) is 0 Å². The Labute approximate surface area is 130 Å². The average Bonchev–Trinajstić information content (AvgIpc) is 2.36.